The lowest BCUT2D eigenvalue weighted by Gasteiger charge is -2.37. The predicted octanol–water partition coefficient (Wildman–Crippen LogP) is 0.136. The Kier molecular flexibility index (Phi) is 3.67. The number of aliphatic carboxylic acids is 1. The minimum atomic E-state index is -0.959. The minimum absolute atomic E-state index is 0.0454. The van der Waals surface area contributed by atoms with E-state index in [-0.39, 0.29) is 18.2 Å². The summed E-state index contributed by atoms with van der Waals surface area (Å²) in [5.41, 5.74) is 1.60. The van der Waals surface area contributed by atoms with Crippen LogP contribution in [0.4, 0.5) is 0 Å². The van der Waals surface area contributed by atoms with Crippen molar-refractivity contribution in [3.8, 4) is 0 Å². The highest BCUT2D eigenvalue weighted by Gasteiger charge is 2.39. The van der Waals surface area contributed by atoms with Gasteiger partial charge in [0.1, 0.15) is 6.04 Å². The Morgan fingerprint density at radius 3 is 3.00 bits per heavy atom. The van der Waals surface area contributed by atoms with Crippen LogP contribution in [0.25, 0.3) is 0 Å². The number of nitrogens with zero attached hydrogens (tertiary/aromatic N) is 2. The zero-order valence-electron chi connectivity index (χ0n) is 12.0. The number of carbonyl (C=O) groups excluding carboxylic acids is 1. The van der Waals surface area contributed by atoms with Gasteiger partial charge in [0.05, 0.1) is 24.3 Å². The van der Waals surface area contributed by atoms with E-state index in [0.717, 1.165) is 30.8 Å². The first-order valence-electron chi connectivity index (χ1n) is 7.34. The van der Waals surface area contributed by atoms with Crippen molar-refractivity contribution in [1.82, 2.24) is 20.2 Å². The van der Waals surface area contributed by atoms with Crippen LogP contribution >= 0.6 is 0 Å². The highest BCUT2D eigenvalue weighted by atomic mass is 16.4. The van der Waals surface area contributed by atoms with Gasteiger partial charge in [-0.15, -0.1) is 0 Å². The molecule has 114 valence electrons. The van der Waals surface area contributed by atoms with Crippen molar-refractivity contribution < 1.29 is 14.7 Å². The molecule has 2 aliphatic rings. The zero-order valence-corrected chi connectivity index (χ0v) is 12.0. The number of aromatic nitrogens is 2. The quantitative estimate of drug-likeness (QED) is 0.720. The number of hydrogen-bond acceptors (Lipinski definition) is 4. The molecule has 0 bridgehead atoms. The number of carboxylic acid groups (broad SMARTS) is 1. The predicted molar refractivity (Wildman–Crippen MR) is 74.5 cm³/mol. The molecule has 3 rings (SSSR count). The first kappa shape index (κ1) is 14.1. The smallest absolute Gasteiger partial charge is 0.326 e. The molecule has 1 saturated heterocycles. The van der Waals surface area contributed by atoms with Crippen LogP contribution < -0.4 is 5.32 Å². The summed E-state index contributed by atoms with van der Waals surface area (Å²) in [6.07, 6.45) is 3.37. The van der Waals surface area contributed by atoms with Gasteiger partial charge in [-0.25, -0.2) is 9.78 Å². The first-order chi connectivity index (χ1) is 10.1. The van der Waals surface area contributed by atoms with E-state index < -0.39 is 12.0 Å². The summed E-state index contributed by atoms with van der Waals surface area (Å²) in [6.45, 7) is 3.17. The van der Waals surface area contributed by atoms with Gasteiger partial charge >= 0.3 is 5.97 Å². The van der Waals surface area contributed by atoms with Crippen LogP contribution in [0.2, 0.25) is 0 Å². The Morgan fingerprint density at radius 1 is 1.48 bits per heavy atom. The summed E-state index contributed by atoms with van der Waals surface area (Å²) in [6, 6.07) is -0.512. The number of hydrogen-bond donors (Lipinski definition) is 3. The van der Waals surface area contributed by atoms with E-state index in [2.05, 4.69) is 22.2 Å². The molecule has 3 heterocycles. The maximum absolute atomic E-state index is 12.7. The van der Waals surface area contributed by atoms with Gasteiger partial charge in [0, 0.05) is 18.4 Å². The Labute approximate surface area is 122 Å². The molecule has 3 N–H and O–H groups in total. The highest BCUT2D eigenvalue weighted by Crippen LogP contribution is 2.26. The van der Waals surface area contributed by atoms with Crippen molar-refractivity contribution in [3.63, 3.8) is 0 Å². The average Bonchev–Trinajstić information content (AvgIpc) is 2.92. The topological polar surface area (TPSA) is 98.3 Å². The summed E-state index contributed by atoms with van der Waals surface area (Å²) < 4.78 is 0. The van der Waals surface area contributed by atoms with Crippen LogP contribution in [0.15, 0.2) is 6.33 Å². The molecule has 1 fully saturated rings. The van der Waals surface area contributed by atoms with Gasteiger partial charge in [-0.1, -0.05) is 0 Å². The molecule has 1 aromatic rings. The molecule has 3 unspecified atom stereocenters. The Hall–Kier alpha value is -1.89. The number of rotatable bonds is 2. The van der Waals surface area contributed by atoms with E-state index in [0.29, 0.717) is 12.6 Å². The second kappa shape index (κ2) is 5.48. The Bertz CT molecular complexity index is 556. The third-order valence-corrected chi connectivity index (χ3v) is 4.44. The number of fused-ring (bicyclic) bond motifs is 1. The molecule has 2 aliphatic heterocycles. The van der Waals surface area contributed by atoms with Gasteiger partial charge in [-0.3, -0.25) is 4.79 Å². The van der Waals surface area contributed by atoms with Crippen molar-refractivity contribution >= 4 is 11.9 Å². The highest BCUT2D eigenvalue weighted by molar-refractivity contribution is 5.85. The molecule has 21 heavy (non-hydrogen) atoms. The van der Waals surface area contributed by atoms with Gasteiger partial charge < -0.3 is 20.3 Å². The molecule has 7 heteroatoms. The van der Waals surface area contributed by atoms with Crippen LogP contribution in [-0.2, 0) is 22.6 Å². The van der Waals surface area contributed by atoms with Crippen molar-refractivity contribution in [3.05, 3.63) is 17.7 Å². The second-order valence-electron chi connectivity index (χ2n) is 5.93. The monoisotopic (exact) mass is 292 g/mol. The molecule has 7 nitrogen and oxygen atoms in total. The number of H-pyrrole nitrogens is 1. The fraction of sp³-hybridized carbons (Fsp3) is 0.643. The first-order valence-corrected chi connectivity index (χ1v) is 7.34. The average molecular weight is 292 g/mol. The van der Waals surface area contributed by atoms with Crippen LogP contribution in [0, 0.1) is 5.92 Å². The van der Waals surface area contributed by atoms with Crippen LogP contribution in [0.3, 0.4) is 0 Å². The molecule has 1 amide bonds. The lowest BCUT2D eigenvalue weighted by atomic mass is 9.90. The molecule has 0 radical (unpaired) electrons. The lowest BCUT2D eigenvalue weighted by Crippen LogP contribution is -2.52. The summed E-state index contributed by atoms with van der Waals surface area (Å²) in [4.78, 5) is 32.9. The molecule has 1 aromatic heterocycles. The lowest BCUT2D eigenvalue weighted by molar-refractivity contribution is -0.154. The Balaban J connectivity index is 1.81. The number of amides is 1. The van der Waals surface area contributed by atoms with Gasteiger partial charge in [-0.05, 0) is 26.3 Å². The van der Waals surface area contributed by atoms with E-state index in [1.165, 1.54) is 4.90 Å². The van der Waals surface area contributed by atoms with Crippen LogP contribution in [-0.4, -0.2) is 50.5 Å². The van der Waals surface area contributed by atoms with Gasteiger partial charge in [-0.2, -0.15) is 0 Å². The van der Waals surface area contributed by atoms with Gasteiger partial charge in [0.2, 0.25) is 5.91 Å². The fourth-order valence-corrected chi connectivity index (χ4v) is 3.28. The van der Waals surface area contributed by atoms with Gasteiger partial charge in [0.15, 0.2) is 0 Å². The maximum Gasteiger partial charge on any atom is 0.326 e. The number of carboxylic acids is 1. The third-order valence-electron chi connectivity index (χ3n) is 4.44. The van der Waals surface area contributed by atoms with E-state index in [4.69, 9.17) is 0 Å². The van der Waals surface area contributed by atoms with E-state index in [1.807, 2.05) is 0 Å². The van der Waals surface area contributed by atoms with Crippen molar-refractivity contribution in [2.45, 2.75) is 44.8 Å². The molecule has 0 saturated carbocycles. The maximum atomic E-state index is 12.7. The molecular weight excluding hydrogens is 272 g/mol. The number of aromatic amines is 1. The minimum Gasteiger partial charge on any atom is -0.480 e. The normalized spacial score (nSPS) is 29.0. The summed E-state index contributed by atoms with van der Waals surface area (Å²) in [7, 11) is 0. The van der Waals surface area contributed by atoms with E-state index >= 15 is 0 Å². The number of carbonyl (C=O) groups is 2. The SMILES string of the molecule is CC1CC(C(=O)N2Cc3[nH]cnc3CC2C(=O)O)CCN1. The molecule has 0 aliphatic carbocycles. The van der Waals surface area contributed by atoms with E-state index in [9.17, 15) is 14.7 Å². The molecule has 3 atom stereocenters. The second-order valence-corrected chi connectivity index (χ2v) is 5.93. The zero-order chi connectivity index (χ0) is 15.0. The third kappa shape index (κ3) is 2.65. The number of imidazole rings is 1. The largest absolute Gasteiger partial charge is 0.480 e. The van der Waals surface area contributed by atoms with E-state index in [1.54, 1.807) is 6.33 Å². The summed E-state index contributed by atoms with van der Waals surface area (Å²) in [5.74, 6) is -1.09. The van der Waals surface area contributed by atoms with Crippen molar-refractivity contribution in [2.24, 2.45) is 5.92 Å². The number of nitrogens with one attached hydrogen (secondary N) is 2. The van der Waals surface area contributed by atoms with Crippen LogP contribution in [0.1, 0.15) is 31.2 Å². The molecule has 0 aromatic carbocycles. The van der Waals surface area contributed by atoms with Crippen LogP contribution in [0.5, 0.6) is 0 Å². The summed E-state index contributed by atoms with van der Waals surface area (Å²) in [5, 5.41) is 12.7. The number of piperidine rings is 1. The Morgan fingerprint density at radius 2 is 2.29 bits per heavy atom. The fourth-order valence-electron chi connectivity index (χ4n) is 3.28. The standard InChI is InChI=1S/C14H20N4O3/c1-8-4-9(2-3-15-8)13(19)18-6-11-10(16-7-17-11)5-12(18)14(20)21/h7-9,12,15H,2-6H2,1H3,(H,16,17)(H,20,21). The summed E-state index contributed by atoms with van der Waals surface area (Å²) >= 11 is 0. The molecule has 0 spiro atoms. The van der Waals surface area contributed by atoms with Crippen molar-refractivity contribution in [1.29, 1.82) is 0 Å². The van der Waals surface area contributed by atoms with Crippen molar-refractivity contribution in [2.75, 3.05) is 6.54 Å². The molecular formula is C14H20N4O3. The van der Waals surface area contributed by atoms with Gasteiger partial charge in [0.25, 0.3) is 0 Å².